The molecule has 5 rings (SSSR count). The van der Waals surface area contributed by atoms with E-state index in [1.807, 2.05) is 25.1 Å². The summed E-state index contributed by atoms with van der Waals surface area (Å²) in [6.07, 6.45) is 1.20. The number of likely N-dealkylation sites (N-methyl/N-ethyl adjacent to an activating group) is 1. The number of H-pyrrole nitrogens is 2. The van der Waals surface area contributed by atoms with Crippen LogP contribution in [-0.2, 0) is 0 Å². The molecule has 0 spiro atoms. The summed E-state index contributed by atoms with van der Waals surface area (Å²) in [6.45, 7) is 4.76. The second kappa shape index (κ2) is 7.08. The number of aromatic nitrogens is 4. The number of nitrogens with zero attached hydrogens (tertiary/aromatic N) is 4. The third kappa shape index (κ3) is 3.21. The van der Waals surface area contributed by atoms with Gasteiger partial charge in [0.25, 0.3) is 0 Å². The highest BCUT2D eigenvalue weighted by Gasteiger charge is 2.24. The summed E-state index contributed by atoms with van der Waals surface area (Å²) in [4.78, 5) is 13.0. The number of hydrogen-bond donors (Lipinski definition) is 2. The van der Waals surface area contributed by atoms with Gasteiger partial charge in [0.1, 0.15) is 11.4 Å². The fraction of sp³-hybridized carbons (Fsp3) is 0.364. The molecule has 0 radical (unpaired) electrons. The van der Waals surface area contributed by atoms with E-state index >= 15 is 0 Å². The Morgan fingerprint density at radius 3 is 2.86 bits per heavy atom. The van der Waals surface area contributed by atoms with Gasteiger partial charge in [0.15, 0.2) is 5.82 Å². The Bertz CT molecular complexity index is 1160. The predicted octanol–water partition coefficient (Wildman–Crippen LogP) is 3.65. The number of ether oxygens (including phenoxy) is 1. The van der Waals surface area contributed by atoms with Gasteiger partial charge >= 0.3 is 0 Å². The first-order valence-electron chi connectivity index (χ1n) is 10.1. The first kappa shape index (κ1) is 18.0. The van der Waals surface area contributed by atoms with Crippen molar-refractivity contribution >= 4 is 27.6 Å². The maximum absolute atomic E-state index is 5.65. The summed E-state index contributed by atoms with van der Waals surface area (Å²) in [6, 6.07) is 13.0. The molecule has 2 aromatic carbocycles. The first-order valence-corrected chi connectivity index (χ1v) is 10.1. The van der Waals surface area contributed by atoms with E-state index in [0.717, 1.165) is 52.3 Å². The molecular formula is C22H26N6O. The first-order chi connectivity index (χ1) is 14.1. The number of aromatic amines is 2. The number of imidazole rings is 1. The summed E-state index contributed by atoms with van der Waals surface area (Å²) in [5.41, 5.74) is 5.00. The maximum Gasteiger partial charge on any atom is 0.159 e. The normalized spacial score (nSPS) is 17.1. The van der Waals surface area contributed by atoms with Crippen LogP contribution in [-0.4, -0.2) is 64.9 Å². The van der Waals surface area contributed by atoms with E-state index in [4.69, 9.17) is 9.72 Å². The Balaban J connectivity index is 1.49. The molecule has 0 amide bonds. The fourth-order valence-corrected chi connectivity index (χ4v) is 4.13. The minimum Gasteiger partial charge on any atom is -0.494 e. The van der Waals surface area contributed by atoms with Crippen molar-refractivity contribution in [3.8, 4) is 17.3 Å². The van der Waals surface area contributed by atoms with Crippen LogP contribution in [0.4, 0.5) is 5.69 Å². The summed E-state index contributed by atoms with van der Waals surface area (Å²) in [5, 5.41) is 8.60. The van der Waals surface area contributed by atoms with Crippen molar-refractivity contribution in [1.29, 1.82) is 0 Å². The number of hydrogen-bond acceptors (Lipinski definition) is 5. The lowest BCUT2D eigenvalue weighted by Crippen LogP contribution is -2.31. The number of nitrogens with one attached hydrogen (secondary N) is 2. The van der Waals surface area contributed by atoms with Crippen molar-refractivity contribution < 1.29 is 4.74 Å². The maximum atomic E-state index is 5.65. The fourth-order valence-electron chi connectivity index (χ4n) is 4.13. The minimum atomic E-state index is 0.609. The lowest BCUT2D eigenvalue weighted by atomic mass is 10.2. The van der Waals surface area contributed by atoms with Crippen LogP contribution in [0.25, 0.3) is 33.5 Å². The highest BCUT2D eigenvalue weighted by atomic mass is 16.5. The van der Waals surface area contributed by atoms with Gasteiger partial charge in [-0.1, -0.05) is 0 Å². The molecule has 1 saturated heterocycles. The van der Waals surface area contributed by atoms with Crippen molar-refractivity contribution in [1.82, 2.24) is 25.1 Å². The molecule has 2 aromatic heterocycles. The topological polar surface area (TPSA) is 73.1 Å². The summed E-state index contributed by atoms with van der Waals surface area (Å²) < 4.78 is 5.65. The van der Waals surface area contributed by atoms with Crippen molar-refractivity contribution in [2.24, 2.45) is 0 Å². The van der Waals surface area contributed by atoms with Crippen LogP contribution in [0.2, 0.25) is 0 Å². The quantitative estimate of drug-likeness (QED) is 0.544. The van der Waals surface area contributed by atoms with E-state index in [0.29, 0.717) is 12.6 Å². The van der Waals surface area contributed by atoms with Gasteiger partial charge in [-0.05, 0) is 63.8 Å². The van der Waals surface area contributed by atoms with Crippen molar-refractivity contribution in [3.05, 3.63) is 36.4 Å². The van der Waals surface area contributed by atoms with Crippen LogP contribution < -0.4 is 9.64 Å². The third-order valence-electron chi connectivity index (χ3n) is 5.79. The van der Waals surface area contributed by atoms with Gasteiger partial charge in [-0.2, -0.15) is 5.10 Å². The summed E-state index contributed by atoms with van der Waals surface area (Å²) >= 11 is 0. The second-order valence-electron chi connectivity index (χ2n) is 7.85. The SMILES string of the molecule is CCOc1ccc2[nH]nc(-c3nc4ccc(N5CCC(N(C)C)C5)cc4[nH]3)c2c1. The lowest BCUT2D eigenvalue weighted by molar-refractivity contribution is 0.315. The lowest BCUT2D eigenvalue weighted by Gasteiger charge is -2.21. The van der Waals surface area contributed by atoms with Crippen molar-refractivity contribution in [2.45, 2.75) is 19.4 Å². The standard InChI is InChI=1S/C22H26N6O/c1-4-29-16-6-8-18-17(12-16)21(26-25-18)22-23-19-7-5-14(11-20(19)24-22)28-10-9-15(13-28)27(2)3/h5-8,11-12,15H,4,9-10,13H2,1-3H3,(H,23,24)(H,25,26). The molecule has 0 aliphatic carbocycles. The molecule has 1 aliphatic rings. The molecule has 150 valence electrons. The number of anilines is 1. The third-order valence-corrected chi connectivity index (χ3v) is 5.79. The highest BCUT2D eigenvalue weighted by Crippen LogP contribution is 2.31. The second-order valence-corrected chi connectivity index (χ2v) is 7.85. The zero-order chi connectivity index (χ0) is 20.0. The van der Waals surface area contributed by atoms with E-state index in [-0.39, 0.29) is 0 Å². The zero-order valence-corrected chi connectivity index (χ0v) is 17.1. The molecule has 0 saturated carbocycles. The average molecular weight is 390 g/mol. The van der Waals surface area contributed by atoms with Crippen LogP contribution in [0.15, 0.2) is 36.4 Å². The Labute approximate surface area is 169 Å². The van der Waals surface area contributed by atoms with E-state index in [1.54, 1.807) is 0 Å². The Kier molecular flexibility index (Phi) is 4.39. The van der Waals surface area contributed by atoms with E-state index in [9.17, 15) is 0 Å². The van der Waals surface area contributed by atoms with Crippen LogP contribution >= 0.6 is 0 Å². The molecule has 7 nitrogen and oxygen atoms in total. The van der Waals surface area contributed by atoms with Gasteiger partial charge in [-0.15, -0.1) is 0 Å². The molecule has 1 atom stereocenters. The van der Waals surface area contributed by atoms with E-state index < -0.39 is 0 Å². The molecule has 7 heteroatoms. The van der Waals surface area contributed by atoms with Gasteiger partial charge in [-0.3, -0.25) is 5.10 Å². The Morgan fingerprint density at radius 2 is 2.07 bits per heavy atom. The van der Waals surface area contributed by atoms with Crippen molar-refractivity contribution in [3.63, 3.8) is 0 Å². The molecular weight excluding hydrogens is 364 g/mol. The molecule has 1 unspecified atom stereocenters. The largest absolute Gasteiger partial charge is 0.494 e. The predicted molar refractivity (Wildman–Crippen MR) is 117 cm³/mol. The van der Waals surface area contributed by atoms with Crippen LogP contribution in [0.5, 0.6) is 5.75 Å². The molecule has 2 N–H and O–H groups in total. The average Bonchev–Trinajstić information content (AvgIpc) is 3.44. The monoisotopic (exact) mass is 390 g/mol. The summed E-state index contributed by atoms with van der Waals surface area (Å²) in [5.74, 6) is 1.61. The van der Waals surface area contributed by atoms with Gasteiger partial charge < -0.3 is 19.5 Å². The highest BCUT2D eigenvalue weighted by molar-refractivity contribution is 5.94. The molecule has 29 heavy (non-hydrogen) atoms. The number of benzene rings is 2. The van der Waals surface area contributed by atoms with Crippen LogP contribution in [0, 0.1) is 0 Å². The van der Waals surface area contributed by atoms with E-state index in [2.05, 4.69) is 57.3 Å². The van der Waals surface area contributed by atoms with Crippen LogP contribution in [0.3, 0.4) is 0 Å². The zero-order valence-electron chi connectivity index (χ0n) is 17.1. The molecule has 0 bridgehead atoms. The number of rotatable bonds is 5. The van der Waals surface area contributed by atoms with Gasteiger partial charge in [-0.25, -0.2) is 4.98 Å². The van der Waals surface area contributed by atoms with Crippen molar-refractivity contribution in [2.75, 3.05) is 38.7 Å². The Morgan fingerprint density at radius 1 is 1.17 bits per heavy atom. The Hall–Kier alpha value is -3.06. The molecule has 4 aromatic rings. The van der Waals surface area contributed by atoms with Crippen LogP contribution in [0.1, 0.15) is 13.3 Å². The smallest absolute Gasteiger partial charge is 0.159 e. The van der Waals surface area contributed by atoms with Gasteiger partial charge in [0.05, 0.1) is 23.2 Å². The number of fused-ring (bicyclic) bond motifs is 2. The summed E-state index contributed by atoms with van der Waals surface area (Å²) in [7, 11) is 4.31. The van der Waals surface area contributed by atoms with Gasteiger partial charge in [0, 0.05) is 30.2 Å². The van der Waals surface area contributed by atoms with E-state index in [1.165, 1.54) is 12.1 Å². The minimum absolute atomic E-state index is 0.609. The van der Waals surface area contributed by atoms with Gasteiger partial charge in [0.2, 0.25) is 0 Å². The molecule has 1 fully saturated rings. The molecule has 3 heterocycles. The molecule has 1 aliphatic heterocycles.